The normalized spacial score (nSPS) is 10.6. The quantitative estimate of drug-likeness (QED) is 0.870. The average molecular weight is 248 g/mol. The fraction of sp³-hybridized carbons (Fsp3) is 0.308. The Bertz CT molecular complexity index is 575. The number of nitrogens with zero attached hydrogens (tertiary/aromatic N) is 1. The highest BCUT2D eigenvalue weighted by atomic mass is 16.5. The lowest BCUT2D eigenvalue weighted by Gasteiger charge is -2.02. The van der Waals surface area contributed by atoms with Crippen LogP contribution in [0.3, 0.4) is 0 Å². The third kappa shape index (κ3) is 2.40. The first-order valence-electron chi connectivity index (χ1n) is 5.70. The van der Waals surface area contributed by atoms with Crippen LogP contribution in [0.15, 0.2) is 24.4 Å². The molecule has 1 aromatic carbocycles. The molecule has 0 unspecified atom stereocenters. The summed E-state index contributed by atoms with van der Waals surface area (Å²) in [6.07, 6.45) is 2.26. The Labute approximate surface area is 105 Å². The van der Waals surface area contributed by atoms with Gasteiger partial charge >= 0.3 is 6.09 Å². The molecular weight excluding hydrogens is 232 g/mol. The first kappa shape index (κ1) is 12.3. The molecule has 1 heterocycles. The lowest BCUT2D eigenvalue weighted by Crippen LogP contribution is -2.25. The average Bonchev–Trinajstić information content (AvgIpc) is 2.65. The first-order chi connectivity index (χ1) is 8.61. The van der Waals surface area contributed by atoms with Crippen LogP contribution in [-0.4, -0.2) is 29.4 Å². The number of phenols is 1. The Kier molecular flexibility index (Phi) is 3.41. The van der Waals surface area contributed by atoms with Crippen molar-refractivity contribution in [3.8, 4) is 5.75 Å². The summed E-state index contributed by atoms with van der Waals surface area (Å²) in [6.45, 7) is 0.501. The summed E-state index contributed by atoms with van der Waals surface area (Å²) < 4.78 is 6.51. The molecule has 1 aromatic heterocycles. The third-order valence-electron chi connectivity index (χ3n) is 2.90. The molecule has 1 amide bonds. The predicted molar refractivity (Wildman–Crippen MR) is 68.7 cm³/mol. The van der Waals surface area contributed by atoms with Crippen molar-refractivity contribution in [1.29, 1.82) is 0 Å². The predicted octanol–water partition coefficient (Wildman–Crippen LogP) is 1.78. The van der Waals surface area contributed by atoms with Crippen LogP contribution < -0.4 is 5.32 Å². The van der Waals surface area contributed by atoms with E-state index >= 15 is 0 Å². The molecule has 18 heavy (non-hydrogen) atoms. The number of rotatable bonds is 3. The fourth-order valence-electron chi connectivity index (χ4n) is 2.03. The number of methoxy groups -OCH3 is 1. The van der Waals surface area contributed by atoms with Crippen molar-refractivity contribution >= 4 is 17.0 Å². The van der Waals surface area contributed by atoms with E-state index in [-0.39, 0.29) is 5.75 Å². The zero-order chi connectivity index (χ0) is 13.1. The molecule has 2 N–H and O–H groups in total. The molecule has 5 nitrogen and oxygen atoms in total. The molecule has 0 aliphatic carbocycles. The van der Waals surface area contributed by atoms with Crippen LogP contribution in [0.5, 0.6) is 5.75 Å². The number of nitrogens with one attached hydrogen (secondary N) is 1. The fourth-order valence-corrected chi connectivity index (χ4v) is 2.03. The largest absolute Gasteiger partial charge is 0.508 e. The Hall–Kier alpha value is -2.17. The van der Waals surface area contributed by atoms with Crippen LogP contribution in [0.4, 0.5) is 4.79 Å². The third-order valence-corrected chi connectivity index (χ3v) is 2.90. The summed E-state index contributed by atoms with van der Waals surface area (Å²) in [7, 11) is 3.29. The van der Waals surface area contributed by atoms with Gasteiger partial charge < -0.3 is 19.7 Å². The van der Waals surface area contributed by atoms with Crippen LogP contribution in [-0.2, 0) is 18.2 Å². The minimum atomic E-state index is -0.432. The van der Waals surface area contributed by atoms with Crippen molar-refractivity contribution in [3.63, 3.8) is 0 Å². The second-order valence-electron chi connectivity index (χ2n) is 4.14. The minimum absolute atomic E-state index is 0.246. The van der Waals surface area contributed by atoms with Crippen LogP contribution in [0.1, 0.15) is 5.56 Å². The number of phenolic OH excluding ortho intramolecular Hbond substituents is 1. The monoisotopic (exact) mass is 248 g/mol. The van der Waals surface area contributed by atoms with Gasteiger partial charge in [0.25, 0.3) is 0 Å². The van der Waals surface area contributed by atoms with E-state index in [9.17, 15) is 9.90 Å². The SMILES string of the molecule is COC(=O)NCCc1cn(C)c2ccc(O)cc12. The van der Waals surface area contributed by atoms with Gasteiger partial charge in [-0.1, -0.05) is 0 Å². The number of carbonyl (C=O) groups excluding carboxylic acids is 1. The molecule has 0 atom stereocenters. The molecule has 0 fully saturated rings. The number of fused-ring (bicyclic) bond motifs is 1. The van der Waals surface area contributed by atoms with E-state index in [1.807, 2.05) is 23.9 Å². The van der Waals surface area contributed by atoms with Gasteiger partial charge in [0.15, 0.2) is 0 Å². The van der Waals surface area contributed by atoms with E-state index in [4.69, 9.17) is 0 Å². The standard InChI is InChI=1S/C13H16N2O3/c1-15-8-9(5-6-14-13(17)18-2)11-7-10(16)3-4-12(11)15/h3-4,7-8,16H,5-6H2,1-2H3,(H,14,17). The molecule has 2 aromatic rings. The molecule has 0 radical (unpaired) electrons. The highest BCUT2D eigenvalue weighted by Gasteiger charge is 2.07. The number of benzene rings is 1. The van der Waals surface area contributed by atoms with Gasteiger partial charge in [-0.15, -0.1) is 0 Å². The lowest BCUT2D eigenvalue weighted by molar-refractivity contribution is 0.171. The number of hydrogen-bond donors (Lipinski definition) is 2. The van der Waals surface area contributed by atoms with E-state index in [1.165, 1.54) is 7.11 Å². The number of amides is 1. The van der Waals surface area contributed by atoms with Crippen LogP contribution >= 0.6 is 0 Å². The molecular formula is C13H16N2O3. The molecule has 0 spiro atoms. The maximum Gasteiger partial charge on any atom is 0.406 e. The van der Waals surface area contributed by atoms with E-state index in [2.05, 4.69) is 10.1 Å². The Morgan fingerprint density at radius 2 is 2.28 bits per heavy atom. The lowest BCUT2D eigenvalue weighted by atomic mass is 10.1. The molecule has 0 aliphatic heterocycles. The molecule has 5 heteroatoms. The van der Waals surface area contributed by atoms with Crippen molar-refractivity contribution in [2.45, 2.75) is 6.42 Å². The van der Waals surface area contributed by atoms with Crippen LogP contribution in [0.2, 0.25) is 0 Å². The summed E-state index contributed by atoms with van der Waals surface area (Å²) in [5.74, 6) is 0.246. The Morgan fingerprint density at radius 1 is 1.50 bits per heavy atom. The van der Waals surface area contributed by atoms with Gasteiger partial charge in [0.1, 0.15) is 5.75 Å². The summed E-state index contributed by atoms with van der Waals surface area (Å²) in [5, 5.41) is 13.2. The van der Waals surface area contributed by atoms with Crippen molar-refractivity contribution in [1.82, 2.24) is 9.88 Å². The molecule has 0 saturated carbocycles. The smallest absolute Gasteiger partial charge is 0.406 e. The van der Waals surface area contributed by atoms with Crippen LogP contribution in [0.25, 0.3) is 10.9 Å². The van der Waals surface area contributed by atoms with Crippen molar-refractivity contribution in [2.24, 2.45) is 7.05 Å². The highest BCUT2D eigenvalue weighted by Crippen LogP contribution is 2.24. The number of aryl methyl sites for hydroxylation is 1. The molecule has 96 valence electrons. The molecule has 0 aliphatic rings. The van der Waals surface area contributed by atoms with E-state index in [0.29, 0.717) is 13.0 Å². The topological polar surface area (TPSA) is 63.5 Å². The van der Waals surface area contributed by atoms with Gasteiger partial charge in [-0.05, 0) is 30.2 Å². The van der Waals surface area contributed by atoms with Gasteiger partial charge in [0.2, 0.25) is 0 Å². The number of aromatic hydroxyl groups is 1. The van der Waals surface area contributed by atoms with Gasteiger partial charge in [-0.25, -0.2) is 4.79 Å². The molecule has 0 bridgehead atoms. The number of ether oxygens (including phenoxy) is 1. The number of aromatic nitrogens is 1. The van der Waals surface area contributed by atoms with E-state index < -0.39 is 6.09 Å². The Morgan fingerprint density at radius 3 is 3.00 bits per heavy atom. The molecule has 0 saturated heterocycles. The van der Waals surface area contributed by atoms with Gasteiger partial charge in [0, 0.05) is 30.7 Å². The minimum Gasteiger partial charge on any atom is -0.508 e. The van der Waals surface area contributed by atoms with Gasteiger partial charge in [0.05, 0.1) is 7.11 Å². The second-order valence-corrected chi connectivity index (χ2v) is 4.14. The van der Waals surface area contributed by atoms with Crippen molar-refractivity contribution in [2.75, 3.05) is 13.7 Å². The molecule has 2 rings (SSSR count). The summed E-state index contributed by atoms with van der Waals surface area (Å²) in [5.41, 5.74) is 2.14. The summed E-state index contributed by atoms with van der Waals surface area (Å²) in [4.78, 5) is 10.9. The second kappa shape index (κ2) is 5.00. The zero-order valence-corrected chi connectivity index (χ0v) is 10.4. The van der Waals surface area contributed by atoms with Crippen LogP contribution in [0, 0.1) is 0 Å². The number of alkyl carbamates (subject to hydrolysis) is 1. The van der Waals surface area contributed by atoms with Gasteiger partial charge in [-0.2, -0.15) is 0 Å². The summed E-state index contributed by atoms with van der Waals surface area (Å²) >= 11 is 0. The Balaban J connectivity index is 2.18. The number of carbonyl (C=O) groups is 1. The maximum absolute atomic E-state index is 10.9. The van der Waals surface area contributed by atoms with E-state index in [0.717, 1.165) is 16.5 Å². The van der Waals surface area contributed by atoms with E-state index in [1.54, 1.807) is 12.1 Å². The van der Waals surface area contributed by atoms with Gasteiger partial charge in [-0.3, -0.25) is 0 Å². The zero-order valence-electron chi connectivity index (χ0n) is 10.4. The first-order valence-corrected chi connectivity index (χ1v) is 5.70. The van der Waals surface area contributed by atoms with Crippen molar-refractivity contribution < 1.29 is 14.6 Å². The van der Waals surface area contributed by atoms with Crippen molar-refractivity contribution in [3.05, 3.63) is 30.0 Å². The highest BCUT2D eigenvalue weighted by molar-refractivity contribution is 5.85. The number of hydrogen-bond acceptors (Lipinski definition) is 3. The maximum atomic E-state index is 10.9. The summed E-state index contributed by atoms with van der Waals surface area (Å²) in [6, 6.07) is 5.28.